The number of hydrogen-bond donors (Lipinski definition) is 2. The van der Waals surface area contributed by atoms with E-state index in [1.165, 1.54) is 0 Å². The number of nitrogens with one attached hydrogen (secondary N) is 2. The maximum Gasteiger partial charge on any atom is 0.433 e. The number of anilines is 1. The molecule has 0 saturated carbocycles. The molecular weight excluding hydrogens is 394 g/mol. The number of H-pyrrole nitrogens is 1. The number of aromatic amines is 1. The van der Waals surface area contributed by atoms with E-state index >= 15 is 0 Å². The number of rotatable bonds is 3. The van der Waals surface area contributed by atoms with E-state index in [0.29, 0.717) is 18.6 Å². The lowest BCUT2D eigenvalue weighted by Gasteiger charge is -2.13. The summed E-state index contributed by atoms with van der Waals surface area (Å²) in [4.78, 5) is 15.0. The predicted octanol–water partition coefficient (Wildman–Crippen LogP) is 2.50. The van der Waals surface area contributed by atoms with Gasteiger partial charge in [-0.05, 0) is 6.07 Å². The lowest BCUT2D eigenvalue weighted by atomic mass is 10.2. The van der Waals surface area contributed by atoms with Crippen LogP contribution in [-0.4, -0.2) is 35.8 Å². The van der Waals surface area contributed by atoms with Gasteiger partial charge in [0.15, 0.2) is 20.6 Å². The molecule has 7 nitrogen and oxygen atoms in total. The van der Waals surface area contributed by atoms with Crippen molar-refractivity contribution in [2.75, 3.05) is 11.6 Å². The monoisotopic (exact) mass is 402 g/mol. The van der Waals surface area contributed by atoms with Gasteiger partial charge in [0.2, 0.25) is 0 Å². The zero-order valence-corrected chi connectivity index (χ0v) is 13.3. The van der Waals surface area contributed by atoms with Crippen LogP contribution in [0.5, 0.6) is 0 Å². The Morgan fingerprint density at radius 2 is 1.73 bits per heavy atom. The summed E-state index contributed by atoms with van der Waals surface area (Å²) in [5.74, 6) is -1.41. The molecule has 2 aromatic heterocycles. The fourth-order valence-corrected chi connectivity index (χ4v) is 2.71. The summed E-state index contributed by atoms with van der Waals surface area (Å²) in [7, 11) is -4.34. The van der Waals surface area contributed by atoms with E-state index in [2.05, 4.69) is 10.1 Å². The van der Waals surface area contributed by atoms with Crippen molar-refractivity contribution in [1.82, 2.24) is 15.2 Å². The standard InChI is InChI=1S/C12H8F6N4O3S/c1-26(24,25)10-7(11(13,14)15)2-5(3-19-10)21-9(23)6-4-20-22-8(6)12(16,17)18/h2-4H,1H3,(H,20,22)(H,21,23). The van der Waals surface area contributed by atoms with Crippen molar-refractivity contribution in [2.24, 2.45) is 0 Å². The fourth-order valence-electron chi connectivity index (χ4n) is 1.89. The van der Waals surface area contributed by atoms with Crippen LogP contribution in [-0.2, 0) is 22.2 Å². The van der Waals surface area contributed by atoms with Gasteiger partial charge < -0.3 is 5.32 Å². The Hall–Kier alpha value is -2.64. The molecule has 26 heavy (non-hydrogen) atoms. The van der Waals surface area contributed by atoms with E-state index in [1.807, 2.05) is 0 Å². The van der Waals surface area contributed by atoms with Crippen LogP contribution >= 0.6 is 0 Å². The van der Waals surface area contributed by atoms with Crippen molar-refractivity contribution < 1.29 is 39.6 Å². The summed E-state index contributed by atoms with van der Waals surface area (Å²) in [6.45, 7) is 0. The second-order valence-electron chi connectivity index (χ2n) is 4.96. The Kier molecular flexibility index (Phi) is 4.74. The van der Waals surface area contributed by atoms with Gasteiger partial charge in [0, 0.05) is 6.26 Å². The van der Waals surface area contributed by atoms with Crippen molar-refractivity contribution >= 4 is 21.4 Å². The Morgan fingerprint density at radius 3 is 2.23 bits per heavy atom. The minimum absolute atomic E-state index is 0.259. The van der Waals surface area contributed by atoms with E-state index in [4.69, 9.17) is 0 Å². The van der Waals surface area contributed by atoms with Crippen molar-refractivity contribution in [3.63, 3.8) is 0 Å². The number of sulfone groups is 1. The van der Waals surface area contributed by atoms with Gasteiger partial charge in [-0.25, -0.2) is 13.4 Å². The largest absolute Gasteiger partial charge is 0.433 e. The summed E-state index contributed by atoms with van der Waals surface area (Å²) in [6, 6.07) is 0.259. The highest BCUT2D eigenvalue weighted by molar-refractivity contribution is 7.90. The SMILES string of the molecule is CS(=O)(=O)c1ncc(NC(=O)c2cn[nH]c2C(F)(F)F)cc1C(F)(F)F. The number of halogens is 6. The number of carbonyl (C=O) groups is 1. The Labute approximate surface area is 141 Å². The number of alkyl halides is 6. The topological polar surface area (TPSA) is 105 Å². The van der Waals surface area contributed by atoms with Crippen molar-refractivity contribution in [2.45, 2.75) is 17.4 Å². The number of carbonyl (C=O) groups excluding carboxylic acids is 1. The van der Waals surface area contributed by atoms with Gasteiger partial charge in [-0.2, -0.15) is 31.4 Å². The van der Waals surface area contributed by atoms with Crippen molar-refractivity contribution in [3.8, 4) is 0 Å². The molecule has 142 valence electrons. The quantitative estimate of drug-likeness (QED) is 0.768. The molecule has 14 heteroatoms. The zero-order valence-electron chi connectivity index (χ0n) is 12.5. The lowest BCUT2D eigenvalue weighted by molar-refractivity contribution is -0.141. The van der Waals surface area contributed by atoms with Crippen LogP contribution in [0, 0.1) is 0 Å². The highest BCUT2D eigenvalue weighted by atomic mass is 32.2. The lowest BCUT2D eigenvalue weighted by Crippen LogP contribution is -2.19. The number of nitrogens with zero attached hydrogens (tertiary/aromatic N) is 2. The van der Waals surface area contributed by atoms with E-state index < -0.39 is 55.6 Å². The van der Waals surface area contributed by atoms with Crippen LogP contribution in [0.25, 0.3) is 0 Å². The molecule has 0 fully saturated rings. The zero-order chi connectivity index (χ0) is 19.9. The maximum atomic E-state index is 13.0. The molecule has 2 N–H and O–H groups in total. The molecule has 0 aromatic carbocycles. The first-order valence-corrected chi connectivity index (χ1v) is 8.29. The van der Waals surface area contributed by atoms with Gasteiger partial charge in [-0.1, -0.05) is 0 Å². The first kappa shape index (κ1) is 19.7. The third-order valence-corrected chi connectivity index (χ3v) is 3.96. The second kappa shape index (κ2) is 6.26. The molecule has 2 rings (SSSR count). The van der Waals surface area contributed by atoms with Gasteiger partial charge in [0.1, 0.15) is 0 Å². The van der Waals surface area contributed by atoms with Crippen molar-refractivity contribution in [3.05, 3.63) is 35.3 Å². The average molecular weight is 402 g/mol. The molecule has 0 unspecified atom stereocenters. The van der Waals surface area contributed by atoms with E-state index in [-0.39, 0.29) is 6.07 Å². The molecule has 0 spiro atoms. The summed E-state index contributed by atoms with van der Waals surface area (Å²) in [5, 5.41) is 5.16. The van der Waals surface area contributed by atoms with Crippen LogP contribution in [0.3, 0.4) is 0 Å². The average Bonchev–Trinajstić information content (AvgIpc) is 2.94. The smallest absolute Gasteiger partial charge is 0.320 e. The predicted molar refractivity (Wildman–Crippen MR) is 73.9 cm³/mol. The third-order valence-electron chi connectivity index (χ3n) is 2.93. The van der Waals surface area contributed by atoms with Gasteiger partial charge in [0.25, 0.3) is 5.91 Å². The van der Waals surface area contributed by atoms with Crippen LogP contribution in [0.4, 0.5) is 32.0 Å². The molecule has 0 aliphatic heterocycles. The Balaban J connectivity index is 2.43. The number of pyridine rings is 1. The highest BCUT2D eigenvalue weighted by Crippen LogP contribution is 2.35. The first-order chi connectivity index (χ1) is 11.7. The molecule has 0 bridgehead atoms. The Bertz CT molecular complexity index is 949. The second-order valence-corrected chi connectivity index (χ2v) is 6.89. The van der Waals surface area contributed by atoms with Gasteiger partial charge in [-0.15, -0.1) is 0 Å². The highest BCUT2D eigenvalue weighted by Gasteiger charge is 2.39. The van der Waals surface area contributed by atoms with Crippen LogP contribution in [0.1, 0.15) is 21.6 Å². The molecular formula is C12H8F6N4O3S. The number of hydrogen-bond acceptors (Lipinski definition) is 5. The molecule has 2 aromatic rings. The van der Waals surface area contributed by atoms with Gasteiger partial charge >= 0.3 is 12.4 Å². The molecule has 1 amide bonds. The molecule has 0 radical (unpaired) electrons. The summed E-state index contributed by atoms with van der Waals surface area (Å²) in [6.07, 6.45) is -8.44. The fraction of sp³-hybridized carbons (Fsp3) is 0.250. The third kappa shape index (κ3) is 4.12. The molecule has 0 atom stereocenters. The summed E-state index contributed by atoms with van der Waals surface area (Å²) in [5.41, 5.74) is -4.77. The van der Waals surface area contributed by atoms with E-state index in [0.717, 1.165) is 0 Å². The minimum Gasteiger partial charge on any atom is -0.320 e. The van der Waals surface area contributed by atoms with Crippen LogP contribution in [0.2, 0.25) is 0 Å². The van der Waals surface area contributed by atoms with Crippen LogP contribution < -0.4 is 5.32 Å². The molecule has 0 aliphatic carbocycles. The van der Waals surface area contributed by atoms with E-state index in [1.54, 1.807) is 10.4 Å². The van der Waals surface area contributed by atoms with E-state index in [9.17, 15) is 39.6 Å². The summed E-state index contributed by atoms with van der Waals surface area (Å²) >= 11 is 0. The minimum atomic E-state index is -5.13. The normalized spacial score (nSPS) is 12.9. The van der Waals surface area contributed by atoms with Gasteiger partial charge in [0.05, 0.1) is 29.2 Å². The summed E-state index contributed by atoms with van der Waals surface area (Å²) < 4.78 is 99.9. The number of aromatic nitrogens is 3. The van der Waals surface area contributed by atoms with Gasteiger partial charge in [-0.3, -0.25) is 9.89 Å². The molecule has 0 saturated heterocycles. The maximum absolute atomic E-state index is 13.0. The van der Waals surface area contributed by atoms with Crippen molar-refractivity contribution in [1.29, 1.82) is 0 Å². The number of amides is 1. The Morgan fingerprint density at radius 1 is 1.12 bits per heavy atom. The molecule has 2 heterocycles. The molecule has 0 aliphatic rings. The van der Waals surface area contributed by atoms with Crippen LogP contribution in [0.15, 0.2) is 23.5 Å². The first-order valence-electron chi connectivity index (χ1n) is 6.40.